The summed E-state index contributed by atoms with van der Waals surface area (Å²) in [6, 6.07) is 0. The van der Waals surface area contributed by atoms with Crippen LogP contribution >= 0.6 is 0 Å². The van der Waals surface area contributed by atoms with Gasteiger partial charge in [0, 0.05) is 0 Å². The summed E-state index contributed by atoms with van der Waals surface area (Å²) in [5, 5.41) is 8.94. The van der Waals surface area contributed by atoms with Crippen LogP contribution in [0.2, 0.25) is 0 Å². The summed E-state index contributed by atoms with van der Waals surface area (Å²) in [5.41, 5.74) is 6.48. The van der Waals surface area contributed by atoms with E-state index in [4.69, 9.17) is 10.8 Å². The molecule has 3 N–H and O–H groups in total. The molecular formula is C9H15NO. The van der Waals surface area contributed by atoms with E-state index < -0.39 is 0 Å². The molecule has 0 atom stereocenters. The highest BCUT2D eigenvalue weighted by atomic mass is 16.3. The first kappa shape index (κ1) is 9.98. The van der Waals surface area contributed by atoms with Crippen LogP contribution in [0, 0.1) is 0 Å². The molecule has 0 bridgehead atoms. The molecule has 0 saturated heterocycles. The summed E-state index contributed by atoms with van der Waals surface area (Å²) in [4.78, 5) is 0. The number of aliphatic hydroxyl groups is 1. The average Bonchev–Trinajstić information content (AvgIpc) is 2.01. The van der Waals surface area contributed by atoms with Crippen molar-refractivity contribution in [2.45, 2.75) is 13.3 Å². The Morgan fingerprint density at radius 1 is 1.55 bits per heavy atom. The molecule has 0 aromatic carbocycles. The zero-order chi connectivity index (χ0) is 8.69. The Bertz CT molecular complexity index is 180. The lowest BCUT2D eigenvalue weighted by atomic mass is 10.2. The Kier molecular flexibility index (Phi) is 5.21. The standard InChI is InChI=1S/C9H15NO/c1-3-9(11)5-4-8(2)6-7-10/h3-5,11H,1,6-7,10H2,2H3/b8-4+,9-5+. The van der Waals surface area contributed by atoms with Crippen LogP contribution in [0.15, 0.2) is 36.1 Å². The maximum Gasteiger partial charge on any atom is 0.114 e. The van der Waals surface area contributed by atoms with Crippen LogP contribution in [0.4, 0.5) is 0 Å². The molecule has 0 aliphatic rings. The summed E-state index contributed by atoms with van der Waals surface area (Å²) in [6.07, 6.45) is 5.70. The van der Waals surface area contributed by atoms with E-state index in [1.165, 1.54) is 6.08 Å². The molecule has 0 spiro atoms. The van der Waals surface area contributed by atoms with Crippen LogP contribution in [0.5, 0.6) is 0 Å². The van der Waals surface area contributed by atoms with Crippen molar-refractivity contribution < 1.29 is 5.11 Å². The average molecular weight is 153 g/mol. The number of aliphatic hydroxyl groups excluding tert-OH is 1. The zero-order valence-corrected chi connectivity index (χ0v) is 6.88. The highest BCUT2D eigenvalue weighted by molar-refractivity contribution is 5.18. The first-order chi connectivity index (χ1) is 5.20. The first-order valence-electron chi connectivity index (χ1n) is 3.59. The third kappa shape index (κ3) is 5.43. The van der Waals surface area contributed by atoms with Crippen molar-refractivity contribution in [2.24, 2.45) is 5.73 Å². The van der Waals surface area contributed by atoms with Crippen molar-refractivity contribution in [2.75, 3.05) is 6.54 Å². The number of nitrogens with two attached hydrogens (primary N) is 1. The van der Waals surface area contributed by atoms with Crippen molar-refractivity contribution in [1.29, 1.82) is 0 Å². The predicted octanol–water partition coefficient (Wildman–Crippen LogP) is 1.91. The van der Waals surface area contributed by atoms with E-state index in [9.17, 15) is 0 Å². The normalized spacial score (nSPS) is 13.3. The lowest BCUT2D eigenvalue weighted by Gasteiger charge is -1.93. The van der Waals surface area contributed by atoms with Gasteiger partial charge in [-0.3, -0.25) is 0 Å². The van der Waals surface area contributed by atoms with Gasteiger partial charge < -0.3 is 10.8 Å². The molecule has 0 saturated carbocycles. The molecule has 0 amide bonds. The Morgan fingerprint density at radius 3 is 2.64 bits per heavy atom. The molecule has 0 unspecified atom stereocenters. The Labute approximate surface area is 67.7 Å². The van der Waals surface area contributed by atoms with E-state index in [2.05, 4.69) is 6.58 Å². The second-order valence-corrected chi connectivity index (χ2v) is 2.35. The fourth-order valence-electron chi connectivity index (χ4n) is 0.607. The van der Waals surface area contributed by atoms with Crippen molar-refractivity contribution in [3.63, 3.8) is 0 Å². The summed E-state index contributed by atoms with van der Waals surface area (Å²) in [5.74, 6) is 0.182. The third-order valence-corrected chi connectivity index (χ3v) is 1.29. The zero-order valence-electron chi connectivity index (χ0n) is 6.88. The summed E-state index contributed by atoms with van der Waals surface area (Å²) in [7, 11) is 0. The number of hydrogen-bond donors (Lipinski definition) is 2. The maximum atomic E-state index is 8.94. The van der Waals surface area contributed by atoms with Gasteiger partial charge in [-0.2, -0.15) is 0 Å². The van der Waals surface area contributed by atoms with E-state index in [-0.39, 0.29) is 5.76 Å². The van der Waals surface area contributed by atoms with E-state index in [1.54, 1.807) is 6.08 Å². The number of rotatable bonds is 4. The van der Waals surface area contributed by atoms with Gasteiger partial charge in [-0.1, -0.05) is 18.2 Å². The van der Waals surface area contributed by atoms with Crippen molar-refractivity contribution >= 4 is 0 Å². The smallest absolute Gasteiger partial charge is 0.114 e. The van der Waals surface area contributed by atoms with Gasteiger partial charge in [0.05, 0.1) is 0 Å². The van der Waals surface area contributed by atoms with Gasteiger partial charge in [0.1, 0.15) is 5.76 Å². The van der Waals surface area contributed by atoms with Crippen LogP contribution in [0.3, 0.4) is 0 Å². The molecule has 0 fully saturated rings. The number of allylic oxidation sites excluding steroid dienone is 3. The topological polar surface area (TPSA) is 46.2 Å². The molecule has 0 heterocycles. The lowest BCUT2D eigenvalue weighted by Crippen LogP contribution is -1.98. The van der Waals surface area contributed by atoms with Gasteiger partial charge in [-0.05, 0) is 32.0 Å². The van der Waals surface area contributed by atoms with Crippen LogP contribution in [-0.4, -0.2) is 11.7 Å². The van der Waals surface area contributed by atoms with Gasteiger partial charge >= 0.3 is 0 Å². The minimum absolute atomic E-state index is 0.182. The molecule has 11 heavy (non-hydrogen) atoms. The Hall–Kier alpha value is -1.02. The maximum absolute atomic E-state index is 8.94. The highest BCUT2D eigenvalue weighted by Gasteiger charge is 1.84. The van der Waals surface area contributed by atoms with Gasteiger partial charge in [0.25, 0.3) is 0 Å². The fourth-order valence-corrected chi connectivity index (χ4v) is 0.607. The van der Waals surface area contributed by atoms with Gasteiger partial charge in [-0.25, -0.2) is 0 Å². The molecule has 0 aromatic heterocycles. The van der Waals surface area contributed by atoms with Crippen LogP contribution in [-0.2, 0) is 0 Å². The first-order valence-corrected chi connectivity index (χ1v) is 3.59. The van der Waals surface area contributed by atoms with Gasteiger partial charge in [0.2, 0.25) is 0 Å². The van der Waals surface area contributed by atoms with Gasteiger partial charge in [-0.15, -0.1) is 0 Å². The molecule has 0 radical (unpaired) electrons. The largest absolute Gasteiger partial charge is 0.508 e. The minimum atomic E-state index is 0.182. The van der Waals surface area contributed by atoms with Crippen LogP contribution in [0.25, 0.3) is 0 Å². The van der Waals surface area contributed by atoms with E-state index in [0.29, 0.717) is 6.54 Å². The molecule has 2 heteroatoms. The highest BCUT2D eigenvalue weighted by Crippen LogP contribution is 1.99. The molecule has 0 rings (SSSR count). The Balaban J connectivity index is 3.99. The molecule has 0 aliphatic heterocycles. The molecular weight excluding hydrogens is 138 g/mol. The lowest BCUT2D eigenvalue weighted by molar-refractivity contribution is 0.433. The van der Waals surface area contributed by atoms with Crippen molar-refractivity contribution in [3.05, 3.63) is 36.1 Å². The van der Waals surface area contributed by atoms with Crippen molar-refractivity contribution in [3.8, 4) is 0 Å². The second-order valence-electron chi connectivity index (χ2n) is 2.35. The Morgan fingerprint density at radius 2 is 2.18 bits per heavy atom. The molecule has 0 aliphatic carbocycles. The number of hydrogen-bond acceptors (Lipinski definition) is 2. The summed E-state index contributed by atoms with van der Waals surface area (Å²) in [6.45, 7) is 6.03. The molecule has 0 aromatic rings. The van der Waals surface area contributed by atoms with Crippen LogP contribution < -0.4 is 5.73 Å². The monoisotopic (exact) mass is 153 g/mol. The van der Waals surface area contributed by atoms with E-state index >= 15 is 0 Å². The quantitative estimate of drug-likeness (QED) is 0.478. The van der Waals surface area contributed by atoms with Gasteiger partial charge in [0.15, 0.2) is 0 Å². The molecule has 62 valence electrons. The fraction of sp³-hybridized carbons (Fsp3) is 0.333. The summed E-state index contributed by atoms with van der Waals surface area (Å²) < 4.78 is 0. The third-order valence-electron chi connectivity index (χ3n) is 1.29. The van der Waals surface area contributed by atoms with Crippen LogP contribution in [0.1, 0.15) is 13.3 Å². The SMILES string of the molecule is C=C/C(O)=C\C=C(/C)CCN. The van der Waals surface area contributed by atoms with Crippen molar-refractivity contribution in [1.82, 2.24) is 0 Å². The second kappa shape index (κ2) is 5.74. The van der Waals surface area contributed by atoms with E-state index in [0.717, 1.165) is 12.0 Å². The minimum Gasteiger partial charge on any atom is -0.508 e. The summed E-state index contributed by atoms with van der Waals surface area (Å²) >= 11 is 0. The molecule has 2 nitrogen and oxygen atoms in total. The predicted molar refractivity (Wildman–Crippen MR) is 48.3 cm³/mol. The van der Waals surface area contributed by atoms with E-state index in [1.807, 2.05) is 13.0 Å².